The third kappa shape index (κ3) is 4.83. The van der Waals surface area contributed by atoms with E-state index >= 15 is 0 Å². The Morgan fingerprint density at radius 1 is 1.11 bits per heavy atom. The molecule has 0 spiro atoms. The average Bonchev–Trinajstić information content (AvgIpc) is 3.20. The molecule has 28 heavy (non-hydrogen) atoms. The molecule has 8 nitrogen and oxygen atoms in total. The Bertz CT molecular complexity index is 1030. The van der Waals surface area contributed by atoms with Crippen LogP contribution in [0.5, 0.6) is 0 Å². The van der Waals surface area contributed by atoms with Crippen LogP contribution >= 0.6 is 0 Å². The van der Waals surface area contributed by atoms with Gasteiger partial charge in [-0.05, 0) is 36.4 Å². The van der Waals surface area contributed by atoms with E-state index in [1.54, 1.807) is 10.9 Å². The third-order valence-electron chi connectivity index (χ3n) is 3.89. The number of amides is 1. The van der Waals surface area contributed by atoms with Gasteiger partial charge in [0, 0.05) is 25.5 Å². The van der Waals surface area contributed by atoms with Gasteiger partial charge >= 0.3 is 0 Å². The molecule has 0 aliphatic heterocycles. The van der Waals surface area contributed by atoms with Gasteiger partial charge in [0.25, 0.3) is 5.91 Å². The summed E-state index contributed by atoms with van der Waals surface area (Å²) in [5, 5.41) is 6.92. The maximum atomic E-state index is 12.4. The van der Waals surface area contributed by atoms with Crippen LogP contribution in [0.25, 0.3) is 5.69 Å². The number of ether oxygens (including phenoxy) is 1. The number of hydrogen-bond acceptors (Lipinski definition) is 5. The first-order chi connectivity index (χ1) is 13.5. The largest absolute Gasteiger partial charge is 0.383 e. The van der Waals surface area contributed by atoms with Crippen LogP contribution in [0.4, 0.5) is 5.69 Å². The van der Waals surface area contributed by atoms with Crippen molar-refractivity contribution in [2.75, 3.05) is 25.6 Å². The van der Waals surface area contributed by atoms with Gasteiger partial charge in [0.2, 0.25) is 10.0 Å². The summed E-state index contributed by atoms with van der Waals surface area (Å²) in [5.74, 6) is -0.337. The highest BCUT2D eigenvalue weighted by Gasteiger charge is 2.14. The normalized spacial score (nSPS) is 11.3. The Hall–Kier alpha value is -3.01. The second-order valence-corrected chi connectivity index (χ2v) is 7.65. The molecule has 0 saturated carbocycles. The molecule has 0 bridgehead atoms. The molecule has 0 aliphatic carbocycles. The summed E-state index contributed by atoms with van der Waals surface area (Å²) in [4.78, 5) is 12.5. The van der Waals surface area contributed by atoms with Crippen LogP contribution in [-0.4, -0.2) is 44.4 Å². The quantitative estimate of drug-likeness (QED) is 0.564. The van der Waals surface area contributed by atoms with E-state index in [-0.39, 0.29) is 24.0 Å². The lowest BCUT2D eigenvalue weighted by molar-refractivity contribution is 0.102. The molecule has 146 valence electrons. The average molecular weight is 400 g/mol. The van der Waals surface area contributed by atoms with Gasteiger partial charge in [-0.25, -0.2) is 17.8 Å². The number of benzene rings is 2. The van der Waals surface area contributed by atoms with Crippen LogP contribution < -0.4 is 10.0 Å². The van der Waals surface area contributed by atoms with Crippen LogP contribution in [0, 0.1) is 0 Å². The molecule has 2 N–H and O–H groups in total. The Kier molecular flexibility index (Phi) is 6.19. The van der Waals surface area contributed by atoms with Crippen LogP contribution in [0.3, 0.4) is 0 Å². The molecular weight excluding hydrogens is 380 g/mol. The van der Waals surface area contributed by atoms with E-state index in [1.807, 2.05) is 30.3 Å². The number of methoxy groups -OCH3 is 1. The first kappa shape index (κ1) is 19.7. The van der Waals surface area contributed by atoms with E-state index in [2.05, 4.69) is 15.1 Å². The molecule has 0 radical (unpaired) electrons. The van der Waals surface area contributed by atoms with Gasteiger partial charge in [0.1, 0.15) is 0 Å². The van der Waals surface area contributed by atoms with E-state index in [0.29, 0.717) is 11.3 Å². The van der Waals surface area contributed by atoms with Gasteiger partial charge in [-0.3, -0.25) is 4.79 Å². The lowest BCUT2D eigenvalue weighted by Gasteiger charge is -2.08. The van der Waals surface area contributed by atoms with Crippen LogP contribution in [-0.2, 0) is 14.8 Å². The second-order valence-electron chi connectivity index (χ2n) is 5.88. The number of aromatic nitrogens is 2. The van der Waals surface area contributed by atoms with Crippen molar-refractivity contribution in [3.05, 3.63) is 72.6 Å². The van der Waals surface area contributed by atoms with Gasteiger partial charge in [0.05, 0.1) is 29.0 Å². The van der Waals surface area contributed by atoms with Gasteiger partial charge in [-0.15, -0.1) is 0 Å². The first-order valence-electron chi connectivity index (χ1n) is 8.50. The van der Waals surface area contributed by atoms with Crippen molar-refractivity contribution in [3.63, 3.8) is 0 Å². The van der Waals surface area contributed by atoms with Crippen molar-refractivity contribution in [1.82, 2.24) is 14.5 Å². The number of carbonyl (C=O) groups is 1. The smallest absolute Gasteiger partial charge is 0.258 e. The van der Waals surface area contributed by atoms with E-state index in [0.717, 1.165) is 5.69 Å². The highest BCUT2D eigenvalue weighted by atomic mass is 32.2. The molecule has 0 fully saturated rings. The Morgan fingerprint density at radius 3 is 2.50 bits per heavy atom. The Labute approximate surface area is 163 Å². The number of rotatable bonds is 8. The summed E-state index contributed by atoms with van der Waals surface area (Å²) in [7, 11) is -2.12. The number of para-hydroxylation sites is 1. The zero-order valence-corrected chi connectivity index (χ0v) is 16.0. The van der Waals surface area contributed by atoms with Gasteiger partial charge in [-0.2, -0.15) is 5.10 Å². The Morgan fingerprint density at radius 2 is 1.82 bits per heavy atom. The van der Waals surface area contributed by atoms with Crippen molar-refractivity contribution in [1.29, 1.82) is 0 Å². The number of nitrogens with zero attached hydrogens (tertiary/aromatic N) is 2. The summed E-state index contributed by atoms with van der Waals surface area (Å²) in [5.41, 5.74) is 1.71. The molecule has 0 unspecified atom stereocenters. The third-order valence-corrected chi connectivity index (χ3v) is 5.36. The Balaban J connectivity index is 1.66. The van der Waals surface area contributed by atoms with Crippen molar-refractivity contribution in [2.45, 2.75) is 4.90 Å². The predicted octanol–water partition coefficient (Wildman–Crippen LogP) is 2.05. The molecule has 3 aromatic rings. The fraction of sp³-hybridized carbons (Fsp3) is 0.158. The van der Waals surface area contributed by atoms with Crippen molar-refractivity contribution in [3.8, 4) is 5.69 Å². The maximum absolute atomic E-state index is 12.4. The maximum Gasteiger partial charge on any atom is 0.258 e. The molecule has 2 aromatic carbocycles. The van der Waals surface area contributed by atoms with Crippen molar-refractivity contribution >= 4 is 21.6 Å². The minimum absolute atomic E-state index is 0.110. The molecule has 1 amide bonds. The number of hydrogen-bond donors (Lipinski definition) is 2. The van der Waals surface area contributed by atoms with Gasteiger partial charge < -0.3 is 10.1 Å². The lowest BCUT2D eigenvalue weighted by Crippen LogP contribution is -2.27. The van der Waals surface area contributed by atoms with Crippen LogP contribution in [0.2, 0.25) is 0 Å². The highest BCUT2D eigenvalue weighted by Crippen LogP contribution is 2.15. The summed E-state index contributed by atoms with van der Waals surface area (Å²) in [6.07, 6.45) is 3.10. The van der Waals surface area contributed by atoms with Gasteiger partial charge in [0.15, 0.2) is 0 Å². The second kappa shape index (κ2) is 8.79. The number of carbonyl (C=O) groups excluding carboxylic acids is 1. The van der Waals surface area contributed by atoms with E-state index in [1.165, 1.54) is 37.6 Å². The molecule has 3 rings (SSSR count). The van der Waals surface area contributed by atoms with Crippen molar-refractivity contribution in [2.24, 2.45) is 0 Å². The molecular formula is C19H20N4O4S. The minimum atomic E-state index is -3.61. The molecule has 1 heterocycles. The summed E-state index contributed by atoms with van der Waals surface area (Å²) in [6, 6.07) is 15.4. The van der Waals surface area contributed by atoms with Crippen molar-refractivity contribution < 1.29 is 17.9 Å². The summed E-state index contributed by atoms with van der Waals surface area (Å²) < 4.78 is 33.1. The SMILES string of the molecule is COCCNS(=O)(=O)c1ccc(NC(=O)c2cnn(-c3ccccc3)c2)cc1. The highest BCUT2D eigenvalue weighted by molar-refractivity contribution is 7.89. The zero-order chi connectivity index (χ0) is 20.0. The monoisotopic (exact) mass is 400 g/mol. The molecule has 0 atom stereocenters. The molecule has 0 aliphatic rings. The summed E-state index contributed by atoms with van der Waals surface area (Å²) >= 11 is 0. The van der Waals surface area contributed by atoms with Crippen LogP contribution in [0.15, 0.2) is 71.9 Å². The molecule has 9 heteroatoms. The fourth-order valence-electron chi connectivity index (χ4n) is 2.44. The number of anilines is 1. The van der Waals surface area contributed by atoms with Crippen LogP contribution in [0.1, 0.15) is 10.4 Å². The molecule has 0 saturated heterocycles. The molecule has 1 aromatic heterocycles. The first-order valence-corrected chi connectivity index (χ1v) is 9.98. The number of nitrogens with one attached hydrogen (secondary N) is 2. The van der Waals surface area contributed by atoms with E-state index in [9.17, 15) is 13.2 Å². The number of sulfonamides is 1. The lowest BCUT2D eigenvalue weighted by atomic mass is 10.3. The van der Waals surface area contributed by atoms with E-state index in [4.69, 9.17) is 4.74 Å². The van der Waals surface area contributed by atoms with E-state index < -0.39 is 10.0 Å². The fourth-order valence-corrected chi connectivity index (χ4v) is 3.46. The topological polar surface area (TPSA) is 102 Å². The predicted molar refractivity (Wildman–Crippen MR) is 105 cm³/mol. The minimum Gasteiger partial charge on any atom is -0.383 e. The summed E-state index contributed by atoms with van der Waals surface area (Å²) in [6.45, 7) is 0.465. The standard InChI is InChI=1S/C19H20N4O4S/c1-27-12-11-21-28(25,26)18-9-7-16(8-10-18)22-19(24)15-13-20-23(14-15)17-5-3-2-4-6-17/h2-10,13-14,21H,11-12H2,1H3,(H,22,24). The zero-order valence-electron chi connectivity index (χ0n) is 15.2. The van der Waals surface area contributed by atoms with Gasteiger partial charge in [-0.1, -0.05) is 18.2 Å².